The van der Waals surface area contributed by atoms with Crippen LogP contribution in [0.3, 0.4) is 0 Å². The Morgan fingerprint density at radius 1 is 0.407 bits per heavy atom. The van der Waals surface area contributed by atoms with Crippen LogP contribution in [0.25, 0.3) is 0 Å². The minimum Gasteiger partial charge on any atom is -0.307 e. The van der Waals surface area contributed by atoms with Crippen LogP contribution < -0.4 is 16.0 Å². The van der Waals surface area contributed by atoms with E-state index in [1.165, 1.54) is 16.7 Å². The summed E-state index contributed by atoms with van der Waals surface area (Å²) < 4.78 is 0. The average molecular weight is 358 g/mol. The van der Waals surface area contributed by atoms with Gasteiger partial charge in [-0.3, -0.25) is 0 Å². The van der Waals surface area contributed by atoms with Crippen molar-refractivity contribution in [3.05, 3.63) is 108 Å². The molecule has 3 nitrogen and oxygen atoms in total. The number of rotatable bonds is 3. The van der Waals surface area contributed by atoms with E-state index < -0.39 is 0 Å². The third-order valence-electron chi connectivity index (χ3n) is 5.31. The summed E-state index contributed by atoms with van der Waals surface area (Å²) in [6.45, 7) is 2.69. The van der Waals surface area contributed by atoms with Gasteiger partial charge in [-0.15, -0.1) is 0 Å². The zero-order valence-corrected chi connectivity index (χ0v) is 15.5. The fourth-order valence-electron chi connectivity index (χ4n) is 3.76. The molecule has 3 unspecified atom stereocenters. The third kappa shape index (κ3) is 4.64. The zero-order chi connectivity index (χ0) is 18.3. The van der Waals surface area contributed by atoms with E-state index in [1.807, 2.05) is 0 Å². The highest BCUT2D eigenvalue weighted by atomic mass is 15.1. The van der Waals surface area contributed by atoms with Crippen LogP contribution in [0.1, 0.15) is 34.8 Å². The topological polar surface area (TPSA) is 36.1 Å². The molecule has 0 spiro atoms. The van der Waals surface area contributed by atoms with Gasteiger partial charge in [-0.1, -0.05) is 91.0 Å². The van der Waals surface area contributed by atoms with Gasteiger partial charge in [0.1, 0.15) is 0 Å². The van der Waals surface area contributed by atoms with Gasteiger partial charge in [0.2, 0.25) is 0 Å². The van der Waals surface area contributed by atoms with E-state index in [0.29, 0.717) is 0 Å². The van der Waals surface area contributed by atoms with Crippen molar-refractivity contribution in [3.8, 4) is 0 Å². The van der Waals surface area contributed by atoms with Gasteiger partial charge in [0.05, 0.1) is 0 Å². The van der Waals surface area contributed by atoms with E-state index in [-0.39, 0.29) is 18.1 Å². The normalized spacial score (nSPS) is 23.8. The van der Waals surface area contributed by atoms with Crippen LogP contribution in [0.5, 0.6) is 0 Å². The monoisotopic (exact) mass is 357 g/mol. The highest BCUT2D eigenvalue weighted by Gasteiger charge is 2.22. The summed E-state index contributed by atoms with van der Waals surface area (Å²) in [5.41, 5.74) is 3.97. The van der Waals surface area contributed by atoms with Gasteiger partial charge in [-0.25, -0.2) is 0 Å². The average Bonchev–Trinajstić information content (AvgIpc) is 2.86. The van der Waals surface area contributed by atoms with Crippen LogP contribution >= 0.6 is 0 Å². The van der Waals surface area contributed by atoms with Gasteiger partial charge < -0.3 is 16.0 Å². The molecule has 1 fully saturated rings. The molecule has 0 amide bonds. The van der Waals surface area contributed by atoms with E-state index in [9.17, 15) is 0 Å². The molecule has 0 bridgehead atoms. The summed E-state index contributed by atoms with van der Waals surface area (Å²) in [4.78, 5) is 0. The van der Waals surface area contributed by atoms with Crippen LogP contribution in [0.2, 0.25) is 0 Å². The highest BCUT2D eigenvalue weighted by molar-refractivity contribution is 5.24. The van der Waals surface area contributed by atoms with Crippen molar-refractivity contribution in [1.29, 1.82) is 0 Å². The van der Waals surface area contributed by atoms with Crippen LogP contribution in [0, 0.1) is 0 Å². The van der Waals surface area contributed by atoms with Crippen molar-refractivity contribution in [1.82, 2.24) is 16.0 Å². The second-order valence-electron chi connectivity index (χ2n) is 7.11. The maximum absolute atomic E-state index is 3.77. The number of nitrogens with one attached hydrogen (secondary N) is 3. The molecule has 1 aliphatic heterocycles. The van der Waals surface area contributed by atoms with Gasteiger partial charge in [-0.2, -0.15) is 0 Å². The second-order valence-corrected chi connectivity index (χ2v) is 7.11. The lowest BCUT2D eigenvalue weighted by atomic mass is 10.0. The van der Waals surface area contributed by atoms with Gasteiger partial charge >= 0.3 is 0 Å². The summed E-state index contributed by atoms with van der Waals surface area (Å²) in [6.07, 6.45) is 0. The van der Waals surface area contributed by atoms with Crippen molar-refractivity contribution in [2.24, 2.45) is 0 Å². The Hall–Kier alpha value is -2.46. The predicted octanol–water partition coefficient (Wildman–Crippen LogP) is 3.99. The lowest BCUT2D eigenvalue weighted by Gasteiger charge is -2.22. The van der Waals surface area contributed by atoms with Crippen molar-refractivity contribution in [2.45, 2.75) is 18.1 Å². The quantitative estimate of drug-likeness (QED) is 0.663. The molecule has 3 N–H and O–H groups in total. The number of benzene rings is 3. The molecule has 1 heterocycles. The molecule has 3 atom stereocenters. The molecular weight excluding hydrogens is 330 g/mol. The molecule has 138 valence electrons. The largest absolute Gasteiger partial charge is 0.307 e. The summed E-state index contributed by atoms with van der Waals surface area (Å²) in [6, 6.07) is 33.0. The summed E-state index contributed by atoms with van der Waals surface area (Å²) in [5, 5.41) is 11.3. The number of hydrogen-bond donors (Lipinski definition) is 3. The van der Waals surface area contributed by atoms with E-state index >= 15 is 0 Å². The molecule has 3 aromatic rings. The van der Waals surface area contributed by atoms with E-state index in [1.54, 1.807) is 0 Å². The molecule has 27 heavy (non-hydrogen) atoms. The molecule has 3 heteroatoms. The minimum absolute atomic E-state index is 0.281. The first kappa shape index (κ1) is 17.9. The van der Waals surface area contributed by atoms with Crippen LogP contribution in [0.4, 0.5) is 0 Å². The Kier molecular flexibility index (Phi) is 5.95. The Labute approximate surface area is 161 Å². The van der Waals surface area contributed by atoms with Crippen LogP contribution in [-0.4, -0.2) is 19.6 Å². The van der Waals surface area contributed by atoms with E-state index in [4.69, 9.17) is 0 Å². The molecule has 1 aliphatic rings. The van der Waals surface area contributed by atoms with Gasteiger partial charge in [0.25, 0.3) is 0 Å². The zero-order valence-electron chi connectivity index (χ0n) is 15.5. The van der Waals surface area contributed by atoms with Crippen molar-refractivity contribution < 1.29 is 0 Å². The van der Waals surface area contributed by atoms with Crippen LogP contribution in [-0.2, 0) is 0 Å². The smallest absolute Gasteiger partial charge is 0.0447 e. The molecule has 0 aromatic heterocycles. The lowest BCUT2D eigenvalue weighted by Crippen LogP contribution is -2.34. The maximum atomic E-state index is 3.77. The Balaban J connectivity index is 1.60. The summed E-state index contributed by atoms with van der Waals surface area (Å²) >= 11 is 0. The third-order valence-corrected chi connectivity index (χ3v) is 5.31. The van der Waals surface area contributed by atoms with Gasteiger partial charge in [0.15, 0.2) is 0 Å². The van der Waals surface area contributed by atoms with E-state index in [2.05, 4.69) is 107 Å². The molecule has 3 aromatic carbocycles. The summed E-state index contributed by atoms with van der Waals surface area (Å²) in [7, 11) is 0. The standard InChI is InChI=1S/C24H27N3/c1-4-10-19(11-5-1)22-16-26-24(21-14-8-3-9-15-21)18-27-23(17-25-22)20-12-6-2-7-13-20/h1-15,22-27H,16-18H2. The fraction of sp³-hybridized carbons (Fsp3) is 0.250. The summed E-state index contributed by atoms with van der Waals surface area (Å²) in [5.74, 6) is 0. The van der Waals surface area contributed by atoms with Gasteiger partial charge in [-0.05, 0) is 16.7 Å². The lowest BCUT2D eigenvalue weighted by molar-refractivity contribution is 0.468. The molecule has 1 saturated heterocycles. The number of hydrogen-bond acceptors (Lipinski definition) is 3. The van der Waals surface area contributed by atoms with Crippen molar-refractivity contribution >= 4 is 0 Å². The van der Waals surface area contributed by atoms with Crippen molar-refractivity contribution in [2.75, 3.05) is 19.6 Å². The minimum atomic E-state index is 0.281. The molecule has 0 saturated carbocycles. The van der Waals surface area contributed by atoms with E-state index in [0.717, 1.165) is 19.6 Å². The Morgan fingerprint density at radius 3 is 0.926 bits per heavy atom. The highest BCUT2D eigenvalue weighted by Crippen LogP contribution is 2.21. The molecule has 4 rings (SSSR count). The maximum Gasteiger partial charge on any atom is 0.0447 e. The van der Waals surface area contributed by atoms with Crippen LogP contribution in [0.15, 0.2) is 91.0 Å². The molecule has 0 aliphatic carbocycles. The van der Waals surface area contributed by atoms with Crippen molar-refractivity contribution in [3.63, 3.8) is 0 Å². The molecule has 0 radical (unpaired) electrons. The first-order valence-corrected chi connectivity index (χ1v) is 9.75. The predicted molar refractivity (Wildman–Crippen MR) is 112 cm³/mol. The SMILES string of the molecule is c1ccc(C2CNC(c3ccccc3)CNC(c3ccccc3)CN2)cc1. The second kappa shape index (κ2) is 8.96. The fourth-order valence-corrected chi connectivity index (χ4v) is 3.76. The Bertz CT molecular complexity index is 680. The molecular formula is C24H27N3. The first-order chi connectivity index (χ1) is 13.4. The first-order valence-electron chi connectivity index (χ1n) is 9.75. The van der Waals surface area contributed by atoms with Gasteiger partial charge in [0, 0.05) is 37.8 Å². The Morgan fingerprint density at radius 2 is 0.667 bits per heavy atom.